The first-order valence-electron chi connectivity index (χ1n) is 6.86. The smallest absolute Gasteiger partial charge is 0.240 e. The molecule has 0 bridgehead atoms. The van der Waals surface area contributed by atoms with Crippen LogP contribution in [0.5, 0.6) is 0 Å². The number of nitrogens with one attached hydrogen (secondary N) is 2. The molecule has 0 aliphatic carbocycles. The Morgan fingerprint density at radius 2 is 1.90 bits per heavy atom. The van der Waals surface area contributed by atoms with Gasteiger partial charge < -0.3 is 10.1 Å². The van der Waals surface area contributed by atoms with Crippen LogP contribution in [0.3, 0.4) is 0 Å². The van der Waals surface area contributed by atoms with Gasteiger partial charge in [-0.1, -0.05) is 12.1 Å². The van der Waals surface area contributed by atoms with Crippen LogP contribution in [0, 0.1) is 0 Å². The number of hydrogen-bond donors (Lipinski definition) is 2. The Hall–Kier alpha value is -1.44. The highest BCUT2D eigenvalue weighted by atomic mass is 32.2. The summed E-state index contributed by atoms with van der Waals surface area (Å²) in [6, 6.07) is 6.43. The SMILES string of the molecule is CCOCCCNS(=O)(=O)c1ccc(CNC(C)=O)cc1. The van der Waals surface area contributed by atoms with Crippen LogP contribution in [-0.4, -0.2) is 34.1 Å². The highest BCUT2D eigenvalue weighted by Gasteiger charge is 2.12. The molecule has 0 unspecified atom stereocenters. The Balaban J connectivity index is 2.52. The van der Waals surface area contributed by atoms with Gasteiger partial charge >= 0.3 is 0 Å². The molecule has 0 aromatic heterocycles. The van der Waals surface area contributed by atoms with Gasteiger partial charge in [-0.05, 0) is 31.0 Å². The van der Waals surface area contributed by atoms with Crippen LogP contribution in [0.25, 0.3) is 0 Å². The van der Waals surface area contributed by atoms with Crippen molar-refractivity contribution in [1.82, 2.24) is 10.0 Å². The average molecular weight is 314 g/mol. The summed E-state index contributed by atoms with van der Waals surface area (Å²) in [5, 5.41) is 2.66. The van der Waals surface area contributed by atoms with Crippen LogP contribution in [0.4, 0.5) is 0 Å². The fourth-order valence-electron chi connectivity index (χ4n) is 1.62. The third-order valence-electron chi connectivity index (χ3n) is 2.74. The third-order valence-corrected chi connectivity index (χ3v) is 4.21. The van der Waals surface area contributed by atoms with E-state index in [-0.39, 0.29) is 10.8 Å². The van der Waals surface area contributed by atoms with E-state index in [0.29, 0.717) is 32.7 Å². The largest absolute Gasteiger partial charge is 0.382 e. The van der Waals surface area contributed by atoms with E-state index in [4.69, 9.17) is 4.74 Å². The molecule has 2 N–H and O–H groups in total. The Morgan fingerprint density at radius 1 is 1.24 bits per heavy atom. The van der Waals surface area contributed by atoms with Crippen molar-refractivity contribution in [2.75, 3.05) is 19.8 Å². The van der Waals surface area contributed by atoms with Gasteiger partial charge in [-0.3, -0.25) is 4.79 Å². The third kappa shape index (κ3) is 6.70. The van der Waals surface area contributed by atoms with Gasteiger partial charge in [0, 0.05) is 33.2 Å². The molecule has 0 atom stereocenters. The second-order valence-corrected chi connectivity index (χ2v) is 6.27. The fraction of sp³-hybridized carbons (Fsp3) is 0.500. The Labute approximate surface area is 125 Å². The van der Waals surface area contributed by atoms with Gasteiger partial charge in [0.1, 0.15) is 0 Å². The van der Waals surface area contributed by atoms with Gasteiger partial charge in [0.15, 0.2) is 0 Å². The summed E-state index contributed by atoms with van der Waals surface area (Å²) in [4.78, 5) is 11.0. The highest BCUT2D eigenvalue weighted by molar-refractivity contribution is 7.89. The quantitative estimate of drug-likeness (QED) is 0.667. The van der Waals surface area contributed by atoms with Crippen molar-refractivity contribution in [3.8, 4) is 0 Å². The van der Waals surface area contributed by atoms with Crippen molar-refractivity contribution in [3.63, 3.8) is 0 Å². The minimum absolute atomic E-state index is 0.123. The van der Waals surface area contributed by atoms with E-state index in [2.05, 4.69) is 10.0 Å². The zero-order chi connectivity index (χ0) is 15.7. The molecule has 0 fully saturated rings. The van der Waals surface area contributed by atoms with Crippen LogP contribution in [0.2, 0.25) is 0 Å². The average Bonchev–Trinajstić information content (AvgIpc) is 2.45. The van der Waals surface area contributed by atoms with E-state index in [1.165, 1.54) is 19.1 Å². The molecule has 1 rings (SSSR count). The Kier molecular flexibility index (Phi) is 7.35. The van der Waals surface area contributed by atoms with Gasteiger partial charge in [-0.15, -0.1) is 0 Å². The summed E-state index contributed by atoms with van der Waals surface area (Å²) in [7, 11) is -3.49. The first-order valence-corrected chi connectivity index (χ1v) is 8.35. The van der Waals surface area contributed by atoms with Crippen molar-refractivity contribution in [3.05, 3.63) is 29.8 Å². The van der Waals surface area contributed by atoms with E-state index >= 15 is 0 Å². The first kappa shape index (κ1) is 17.6. The normalized spacial score (nSPS) is 11.3. The maximum Gasteiger partial charge on any atom is 0.240 e. The minimum atomic E-state index is -3.49. The van der Waals surface area contributed by atoms with E-state index in [1.807, 2.05) is 6.92 Å². The number of rotatable bonds is 9. The molecule has 1 aromatic rings. The van der Waals surface area contributed by atoms with E-state index in [1.54, 1.807) is 12.1 Å². The molecule has 6 nitrogen and oxygen atoms in total. The predicted octanol–water partition coefficient (Wildman–Crippen LogP) is 1.03. The number of carbonyl (C=O) groups is 1. The topological polar surface area (TPSA) is 84.5 Å². The fourth-order valence-corrected chi connectivity index (χ4v) is 2.70. The summed E-state index contributed by atoms with van der Waals surface area (Å²) >= 11 is 0. The number of ether oxygens (including phenoxy) is 1. The monoisotopic (exact) mass is 314 g/mol. The van der Waals surface area contributed by atoms with Crippen LogP contribution in [0.1, 0.15) is 25.8 Å². The van der Waals surface area contributed by atoms with Gasteiger partial charge in [0.2, 0.25) is 15.9 Å². The lowest BCUT2D eigenvalue weighted by Crippen LogP contribution is -2.25. The predicted molar refractivity (Wildman–Crippen MR) is 80.3 cm³/mol. The van der Waals surface area contributed by atoms with E-state index in [0.717, 1.165) is 5.56 Å². The van der Waals surface area contributed by atoms with E-state index in [9.17, 15) is 13.2 Å². The van der Waals surface area contributed by atoms with Crippen molar-refractivity contribution in [1.29, 1.82) is 0 Å². The second kappa shape index (κ2) is 8.76. The van der Waals surface area contributed by atoms with Crippen LogP contribution in [0.15, 0.2) is 29.2 Å². The summed E-state index contributed by atoms with van der Waals surface area (Å²) < 4.78 is 31.7. The minimum Gasteiger partial charge on any atom is -0.382 e. The molecule has 118 valence electrons. The molecule has 0 saturated carbocycles. The number of carbonyl (C=O) groups excluding carboxylic acids is 1. The lowest BCUT2D eigenvalue weighted by atomic mass is 10.2. The summed E-state index contributed by atoms with van der Waals surface area (Å²) in [5.74, 6) is -0.123. The lowest BCUT2D eigenvalue weighted by molar-refractivity contribution is -0.119. The number of sulfonamides is 1. The molecular weight excluding hydrogens is 292 g/mol. The van der Waals surface area contributed by atoms with Crippen LogP contribution < -0.4 is 10.0 Å². The van der Waals surface area contributed by atoms with Gasteiger partial charge in [-0.2, -0.15) is 0 Å². The van der Waals surface area contributed by atoms with Crippen LogP contribution >= 0.6 is 0 Å². The van der Waals surface area contributed by atoms with Crippen molar-refractivity contribution in [2.24, 2.45) is 0 Å². The molecule has 21 heavy (non-hydrogen) atoms. The second-order valence-electron chi connectivity index (χ2n) is 4.50. The molecule has 0 aliphatic heterocycles. The van der Waals surface area contributed by atoms with Crippen molar-refractivity contribution in [2.45, 2.75) is 31.7 Å². The Morgan fingerprint density at radius 3 is 2.48 bits per heavy atom. The summed E-state index contributed by atoms with van der Waals surface area (Å²) in [5.41, 5.74) is 0.848. The molecule has 7 heteroatoms. The molecular formula is C14H22N2O4S. The van der Waals surface area contributed by atoms with Crippen molar-refractivity contribution >= 4 is 15.9 Å². The molecule has 0 radical (unpaired) electrons. The standard InChI is InChI=1S/C14H22N2O4S/c1-3-20-10-4-9-16-21(18,19)14-7-5-13(6-8-14)11-15-12(2)17/h5-8,16H,3-4,9-11H2,1-2H3,(H,15,17). The summed E-state index contributed by atoms with van der Waals surface area (Å²) in [6.45, 7) is 5.22. The zero-order valence-corrected chi connectivity index (χ0v) is 13.2. The van der Waals surface area contributed by atoms with Gasteiger partial charge in [0.05, 0.1) is 4.90 Å². The molecule has 0 heterocycles. The maximum absolute atomic E-state index is 12.0. The van der Waals surface area contributed by atoms with Gasteiger partial charge in [-0.25, -0.2) is 13.1 Å². The lowest BCUT2D eigenvalue weighted by Gasteiger charge is -2.08. The van der Waals surface area contributed by atoms with Crippen molar-refractivity contribution < 1.29 is 17.9 Å². The number of benzene rings is 1. The molecule has 0 saturated heterocycles. The molecule has 1 aromatic carbocycles. The molecule has 1 amide bonds. The Bertz CT molecular complexity index is 541. The zero-order valence-electron chi connectivity index (χ0n) is 12.4. The van der Waals surface area contributed by atoms with Gasteiger partial charge in [0.25, 0.3) is 0 Å². The summed E-state index contributed by atoms with van der Waals surface area (Å²) in [6.07, 6.45) is 0.633. The molecule has 0 spiro atoms. The maximum atomic E-state index is 12.0. The number of hydrogen-bond acceptors (Lipinski definition) is 4. The van der Waals surface area contributed by atoms with E-state index < -0.39 is 10.0 Å². The van der Waals surface area contributed by atoms with Crippen LogP contribution in [-0.2, 0) is 26.1 Å². The first-order chi connectivity index (χ1) is 9.95. The molecule has 0 aliphatic rings. The number of amides is 1. The highest BCUT2D eigenvalue weighted by Crippen LogP contribution is 2.10.